The van der Waals surface area contributed by atoms with Gasteiger partial charge < -0.3 is 10.1 Å². The third-order valence-corrected chi connectivity index (χ3v) is 3.25. The molecule has 0 aliphatic rings. The summed E-state index contributed by atoms with van der Waals surface area (Å²) in [7, 11) is -0.510. The van der Waals surface area contributed by atoms with E-state index in [0.717, 1.165) is 0 Å². The molecule has 0 spiro atoms. The van der Waals surface area contributed by atoms with Gasteiger partial charge in [-0.05, 0) is 14.0 Å². The smallest absolute Gasteiger partial charge is 0.320 e. The number of methoxy groups -OCH3 is 1. The topological polar surface area (TPSA) is 72.5 Å². The molecule has 1 unspecified atom stereocenters. The summed E-state index contributed by atoms with van der Waals surface area (Å²) in [5, 5.41) is 2.78. The van der Waals surface area contributed by atoms with Crippen LogP contribution < -0.4 is 5.32 Å². The Morgan fingerprint density at radius 2 is 2.08 bits per heavy atom. The van der Waals surface area contributed by atoms with Crippen LogP contribution in [0.25, 0.3) is 0 Å². The Labute approximate surface area is 78.4 Å². The summed E-state index contributed by atoms with van der Waals surface area (Å²) in [6.07, 6.45) is 0. The van der Waals surface area contributed by atoms with E-state index in [1.807, 2.05) is 0 Å². The van der Waals surface area contributed by atoms with Gasteiger partial charge in [0.05, 0.1) is 12.9 Å². The van der Waals surface area contributed by atoms with Crippen molar-refractivity contribution < 1.29 is 17.9 Å². The molecule has 78 valence electrons. The number of hydrogen-bond acceptors (Lipinski definition) is 5. The molecule has 0 bridgehead atoms. The van der Waals surface area contributed by atoms with Crippen molar-refractivity contribution in [3.8, 4) is 0 Å². The van der Waals surface area contributed by atoms with E-state index in [9.17, 15) is 13.2 Å². The van der Waals surface area contributed by atoms with Gasteiger partial charge >= 0.3 is 5.97 Å². The highest BCUT2D eigenvalue weighted by molar-refractivity contribution is 7.92. The van der Waals surface area contributed by atoms with Crippen molar-refractivity contribution in [1.29, 1.82) is 0 Å². The molecule has 1 N–H and O–H groups in total. The maximum absolute atomic E-state index is 11.2. The van der Waals surface area contributed by atoms with E-state index in [0.29, 0.717) is 0 Å². The normalized spacial score (nSPS) is 13.8. The number of sulfone groups is 1. The van der Waals surface area contributed by atoms with E-state index in [2.05, 4.69) is 10.1 Å². The van der Waals surface area contributed by atoms with Gasteiger partial charge in [0.2, 0.25) is 0 Å². The third-order valence-electron chi connectivity index (χ3n) is 1.56. The van der Waals surface area contributed by atoms with Gasteiger partial charge in [-0.1, -0.05) is 0 Å². The van der Waals surface area contributed by atoms with E-state index < -0.39 is 21.6 Å². The lowest BCUT2D eigenvalue weighted by Crippen LogP contribution is -2.32. The Kier molecular flexibility index (Phi) is 4.94. The Balaban J connectivity index is 4.17. The van der Waals surface area contributed by atoms with Crippen LogP contribution in [0.1, 0.15) is 6.92 Å². The lowest BCUT2D eigenvalue weighted by molar-refractivity contribution is -0.137. The fraction of sp³-hybridized carbons (Fsp3) is 0.857. The molecule has 5 nitrogen and oxygen atoms in total. The third kappa shape index (κ3) is 5.59. The second-order valence-corrected chi connectivity index (χ2v) is 4.93. The molecule has 1 atom stereocenters. The number of carbonyl (C=O) groups is 1. The first-order valence-electron chi connectivity index (χ1n) is 3.86. The molecule has 0 rings (SSSR count). The van der Waals surface area contributed by atoms with Gasteiger partial charge in [-0.15, -0.1) is 0 Å². The molecule has 0 aromatic heterocycles. The van der Waals surface area contributed by atoms with Crippen LogP contribution in [0.5, 0.6) is 0 Å². The first-order valence-corrected chi connectivity index (χ1v) is 5.68. The average molecular weight is 209 g/mol. The molecule has 0 aliphatic carbocycles. The summed E-state index contributed by atoms with van der Waals surface area (Å²) in [5.41, 5.74) is 0. The summed E-state index contributed by atoms with van der Waals surface area (Å²) in [5.74, 6) is -1.32. The molecule has 0 saturated carbocycles. The van der Waals surface area contributed by atoms with Gasteiger partial charge in [0.1, 0.15) is 5.75 Å². The first-order chi connectivity index (χ1) is 5.91. The lowest BCUT2D eigenvalue weighted by atomic mass is 10.4. The van der Waals surface area contributed by atoms with E-state index in [1.54, 1.807) is 14.0 Å². The molecule has 6 heteroatoms. The van der Waals surface area contributed by atoms with Crippen molar-refractivity contribution in [3.05, 3.63) is 0 Å². The minimum absolute atomic E-state index is 0.0569. The van der Waals surface area contributed by atoms with Gasteiger partial charge in [0, 0.05) is 6.04 Å². The van der Waals surface area contributed by atoms with Crippen LogP contribution in [0.15, 0.2) is 0 Å². The summed E-state index contributed by atoms with van der Waals surface area (Å²) in [6, 6.07) is -0.158. The summed E-state index contributed by atoms with van der Waals surface area (Å²) < 4.78 is 26.7. The predicted octanol–water partition coefficient (Wildman–Crippen LogP) is -0.818. The average Bonchev–Trinajstić information content (AvgIpc) is 2.02. The maximum Gasteiger partial charge on any atom is 0.320 e. The quantitative estimate of drug-likeness (QED) is 0.599. The van der Waals surface area contributed by atoms with E-state index in [-0.39, 0.29) is 11.8 Å². The molecule has 0 saturated heterocycles. The zero-order chi connectivity index (χ0) is 10.5. The van der Waals surface area contributed by atoms with Gasteiger partial charge in [-0.25, -0.2) is 8.42 Å². The number of ether oxygens (including phenoxy) is 1. The van der Waals surface area contributed by atoms with Crippen molar-refractivity contribution in [2.24, 2.45) is 0 Å². The van der Waals surface area contributed by atoms with Crippen LogP contribution in [-0.2, 0) is 19.4 Å². The SMILES string of the molecule is CNC(C)CS(=O)(=O)CC(=O)OC. The highest BCUT2D eigenvalue weighted by atomic mass is 32.2. The Hall–Kier alpha value is -0.620. The predicted molar refractivity (Wildman–Crippen MR) is 49.2 cm³/mol. The number of nitrogens with one attached hydrogen (secondary N) is 1. The van der Waals surface area contributed by atoms with Gasteiger partial charge in [0.25, 0.3) is 0 Å². The van der Waals surface area contributed by atoms with Crippen molar-refractivity contribution in [1.82, 2.24) is 5.32 Å². The van der Waals surface area contributed by atoms with E-state index in [1.165, 1.54) is 7.11 Å². The fourth-order valence-electron chi connectivity index (χ4n) is 0.762. The van der Waals surface area contributed by atoms with E-state index in [4.69, 9.17) is 0 Å². The van der Waals surface area contributed by atoms with Crippen molar-refractivity contribution in [2.75, 3.05) is 25.7 Å². The fourth-order valence-corrected chi connectivity index (χ4v) is 2.28. The summed E-state index contributed by atoms with van der Waals surface area (Å²) in [4.78, 5) is 10.7. The Morgan fingerprint density at radius 3 is 2.46 bits per heavy atom. The molecule has 0 heterocycles. The second kappa shape index (κ2) is 5.18. The minimum atomic E-state index is -3.34. The molecule has 0 aromatic carbocycles. The van der Waals surface area contributed by atoms with E-state index >= 15 is 0 Å². The second-order valence-electron chi connectivity index (χ2n) is 2.82. The zero-order valence-corrected chi connectivity index (χ0v) is 8.85. The van der Waals surface area contributed by atoms with Crippen LogP contribution in [0.3, 0.4) is 0 Å². The highest BCUT2D eigenvalue weighted by Crippen LogP contribution is 1.95. The van der Waals surface area contributed by atoms with Crippen molar-refractivity contribution in [2.45, 2.75) is 13.0 Å². The molecular formula is C7H15NO4S. The number of carbonyl (C=O) groups excluding carboxylic acids is 1. The standard InChI is InChI=1S/C7H15NO4S/c1-6(8-2)4-13(10,11)5-7(9)12-3/h6,8H,4-5H2,1-3H3. The molecule has 0 fully saturated rings. The van der Waals surface area contributed by atoms with Crippen LogP contribution in [0.2, 0.25) is 0 Å². The first kappa shape index (κ1) is 12.4. The minimum Gasteiger partial charge on any atom is -0.468 e. The van der Waals surface area contributed by atoms with Crippen LogP contribution in [0.4, 0.5) is 0 Å². The maximum atomic E-state index is 11.2. The molecular weight excluding hydrogens is 194 g/mol. The Morgan fingerprint density at radius 1 is 1.54 bits per heavy atom. The lowest BCUT2D eigenvalue weighted by Gasteiger charge is -2.09. The van der Waals surface area contributed by atoms with Gasteiger partial charge in [-0.3, -0.25) is 4.79 Å². The number of rotatable bonds is 5. The van der Waals surface area contributed by atoms with Crippen LogP contribution >= 0.6 is 0 Å². The largest absolute Gasteiger partial charge is 0.468 e. The van der Waals surface area contributed by atoms with Crippen LogP contribution in [-0.4, -0.2) is 46.1 Å². The van der Waals surface area contributed by atoms with Gasteiger partial charge in [-0.2, -0.15) is 0 Å². The van der Waals surface area contributed by atoms with Crippen molar-refractivity contribution >= 4 is 15.8 Å². The van der Waals surface area contributed by atoms with Gasteiger partial charge in [0.15, 0.2) is 9.84 Å². The molecule has 0 aliphatic heterocycles. The zero-order valence-electron chi connectivity index (χ0n) is 8.03. The molecule has 0 radical (unpaired) electrons. The number of esters is 1. The Bertz CT molecular complexity index is 260. The number of hydrogen-bond donors (Lipinski definition) is 1. The molecule has 0 amide bonds. The highest BCUT2D eigenvalue weighted by Gasteiger charge is 2.19. The summed E-state index contributed by atoms with van der Waals surface area (Å²) >= 11 is 0. The molecule has 0 aromatic rings. The van der Waals surface area contributed by atoms with Crippen molar-refractivity contribution in [3.63, 3.8) is 0 Å². The molecule has 13 heavy (non-hydrogen) atoms. The summed E-state index contributed by atoms with van der Waals surface area (Å²) in [6.45, 7) is 1.73. The monoisotopic (exact) mass is 209 g/mol. The van der Waals surface area contributed by atoms with Crippen LogP contribution in [0, 0.1) is 0 Å².